The van der Waals surface area contributed by atoms with E-state index in [4.69, 9.17) is 11.6 Å². The highest BCUT2D eigenvalue weighted by Gasteiger charge is 2.16. The summed E-state index contributed by atoms with van der Waals surface area (Å²) in [7, 11) is 0. The molecule has 0 fully saturated rings. The average Bonchev–Trinajstić information content (AvgIpc) is 2.37. The molecular weight excluding hydrogens is 240 g/mol. The van der Waals surface area contributed by atoms with E-state index in [0.29, 0.717) is 5.92 Å². The lowest BCUT2D eigenvalue weighted by atomic mass is 9.83. The van der Waals surface area contributed by atoms with Gasteiger partial charge in [0.2, 0.25) is 0 Å². The van der Waals surface area contributed by atoms with Crippen LogP contribution in [0.1, 0.15) is 35.1 Å². The maximum atomic E-state index is 6.11. The van der Waals surface area contributed by atoms with Crippen molar-refractivity contribution >= 4 is 11.6 Å². The van der Waals surface area contributed by atoms with E-state index in [1.54, 1.807) is 0 Å². The van der Waals surface area contributed by atoms with Crippen LogP contribution in [0.4, 0.5) is 0 Å². The number of hydrogen-bond donors (Lipinski definition) is 0. The van der Waals surface area contributed by atoms with Crippen molar-refractivity contribution in [3.63, 3.8) is 0 Å². The van der Waals surface area contributed by atoms with Crippen LogP contribution in [0.15, 0.2) is 42.5 Å². The van der Waals surface area contributed by atoms with E-state index < -0.39 is 0 Å². The third-order valence-electron chi connectivity index (χ3n) is 3.94. The molecule has 0 bridgehead atoms. The summed E-state index contributed by atoms with van der Waals surface area (Å²) in [5.74, 6) is 0.585. The van der Waals surface area contributed by atoms with Gasteiger partial charge < -0.3 is 0 Å². The number of hydrogen-bond acceptors (Lipinski definition) is 0. The lowest BCUT2D eigenvalue weighted by Gasteiger charge is -2.22. The molecule has 0 radical (unpaired) electrons. The quantitative estimate of drug-likeness (QED) is 0.636. The SMILES string of the molecule is CC1Cc2ccc(Cl)cc2CCc2ccccc21. The van der Waals surface area contributed by atoms with E-state index in [9.17, 15) is 0 Å². The molecule has 0 amide bonds. The maximum Gasteiger partial charge on any atom is 0.0408 e. The molecule has 0 saturated carbocycles. The predicted molar refractivity (Wildman–Crippen MR) is 77.4 cm³/mol. The molecule has 0 N–H and O–H groups in total. The molecule has 1 unspecified atom stereocenters. The van der Waals surface area contributed by atoms with Crippen molar-refractivity contribution in [1.29, 1.82) is 0 Å². The Labute approximate surface area is 114 Å². The number of halogens is 1. The van der Waals surface area contributed by atoms with Gasteiger partial charge in [0.15, 0.2) is 0 Å². The Bertz CT molecular complexity index is 572. The number of aryl methyl sites for hydroxylation is 2. The van der Waals surface area contributed by atoms with Crippen LogP contribution in [0.25, 0.3) is 0 Å². The third-order valence-corrected chi connectivity index (χ3v) is 4.18. The Morgan fingerprint density at radius 1 is 0.944 bits per heavy atom. The van der Waals surface area contributed by atoms with Gasteiger partial charge in [-0.2, -0.15) is 0 Å². The second kappa shape index (κ2) is 4.78. The molecule has 1 atom stereocenters. The molecule has 2 aromatic rings. The van der Waals surface area contributed by atoms with Crippen molar-refractivity contribution in [2.75, 3.05) is 0 Å². The summed E-state index contributed by atoms with van der Waals surface area (Å²) in [5, 5.41) is 0.857. The Kier molecular flexibility index (Phi) is 3.13. The number of fused-ring (bicyclic) bond motifs is 2. The van der Waals surface area contributed by atoms with E-state index >= 15 is 0 Å². The summed E-state index contributed by atoms with van der Waals surface area (Å²) in [6.45, 7) is 2.32. The molecule has 0 heterocycles. The van der Waals surface area contributed by atoms with Crippen molar-refractivity contribution in [3.8, 4) is 0 Å². The monoisotopic (exact) mass is 256 g/mol. The molecule has 0 nitrogen and oxygen atoms in total. The highest BCUT2D eigenvalue weighted by atomic mass is 35.5. The van der Waals surface area contributed by atoms with Gasteiger partial charge in [-0.1, -0.05) is 48.9 Å². The van der Waals surface area contributed by atoms with Crippen molar-refractivity contribution in [2.45, 2.75) is 32.1 Å². The van der Waals surface area contributed by atoms with Crippen molar-refractivity contribution in [1.82, 2.24) is 0 Å². The van der Waals surface area contributed by atoms with Gasteiger partial charge in [0, 0.05) is 5.02 Å². The van der Waals surface area contributed by atoms with Crippen molar-refractivity contribution < 1.29 is 0 Å². The molecular formula is C17H17Cl. The molecule has 0 aromatic heterocycles. The predicted octanol–water partition coefficient (Wildman–Crippen LogP) is 4.78. The van der Waals surface area contributed by atoms with E-state index in [1.807, 2.05) is 6.07 Å². The maximum absolute atomic E-state index is 6.11. The minimum absolute atomic E-state index is 0.585. The summed E-state index contributed by atoms with van der Waals surface area (Å²) >= 11 is 6.11. The van der Waals surface area contributed by atoms with Gasteiger partial charge in [0.25, 0.3) is 0 Å². The van der Waals surface area contributed by atoms with Crippen LogP contribution in [-0.2, 0) is 19.3 Å². The molecule has 92 valence electrons. The first kappa shape index (κ1) is 11.8. The van der Waals surface area contributed by atoms with Crippen molar-refractivity contribution in [3.05, 3.63) is 69.7 Å². The van der Waals surface area contributed by atoms with E-state index in [2.05, 4.69) is 43.3 Å². The molecule has 0 saturated heterocycles. The van der Waals surface area contributed by atoms with Crippen LogP contribution < -0.4 is 0 Å². The third kappa shape index (κ3) is 2.18. The van der Waals surface area contributed by atoms with E-state index in [0.717, 1.165) is 24.3 Å². The van der Waals surface area contributed by atoms with Gasteiger partial charge in [0.1, 0.15) is 0 Å². The van der Waals surface area contributed by atoms with Gasteiger partial charge in [0.05, 0.1) is 0 Å². The zero-order valence-corrected chi connectivity index (χ0v) is 11.4. The number of rotatable bonds is 0. The molecule has 0 aliphatic heterocycles. The van der Waals surface area contributed by atoms with Gasteiger partial charge in [-0.15, -0.1) is 0 Å². The zero-order chi connectivity index (χ0) is 12.5. The summed E-state index contributed by atoms with van der Waals surface area (Å²) in [6, 6.07) is 15.2. The molecule has 1 aliphatic carbocycles. The zero-order valence-electron chi connectivity index (χ0n) is 10.6. The second-order valence-electron chi connectivity index (χ2n) is 5.22. The van der Waals surface area contributed by atoms with Crippen molar-refractivity contribution in [2.24, 2.45) is 0 Å². The summed E-state index contributed by atoms with van der Waals surface area (Å²) < 4.78 is 0. The lowest BCUT2D eigenvalue weighted by molar-refractivity contribution is 0.717. The fourth-order valence-corrected chi connectivity index (χ4v) is 3.17. The summed E-state index contributed by atoms with van der Waals surface area (Å²) in [4.78, 5) is 0. The highest BCUT2D eigenvalue weighted by molar-refractivity contribution is 6.30. The molecule has 0 spiro atoms. The Morgan fingerprint density at radius 2 is 1.72 bits per heavy atom. The van der Waals surface area contributed by atoms with Crippen LogP contribution in [0.5, 0.6) is 0 Å². The van der Waals surface area contributed by atoms with Crippen LogP contribution in [0.2, 0.25) is 5.02 Å². The minimum Gasteiger partial charge on any atom is -0.0843 e. The Morgan fingerprint density at radius 3 is 2.61 bits per heavy atom. The first-order chi connectivity index (χ1) is 8.74. The fourth-order valence-electron chi connectivity index (χ4n) is 2.98. The molecule has 1 aliphatic rings. The molecule has 18 heavy (non-hydrogen) atoms. The summed E-state index contributed by atoms with van der Waals surface area (Å²) in [5.41, 5.74) is 5.89. The normalized spacial score (nSPS) is 18.4. The van der Waals surface area contributed by atoms with E-state index in [1.165, 1.54) is 22.3 Å². The first-order valence-corrected chi connectivity index (χ1v) is 6.97. The average molecular weight is 257 g/mol. The van der Waals surface area contributed by atoms with Gasteiger partial charge in [-0.25, -0.2) is 0 Å². The largest absolute Gasteiger partial charge is 0.0843 e. The Hall–Kier alpha value is -1.27. The second-order valence-corrected chi connectivity index (χ2v) is 5.65. The molecule has 1 heteroatoms. The first-order valence-electron chi connectivity index (χ1n) is 6.59. The molecule has 3 rings (SSSR count). The van der Waals surface area contributed by atoms with Crippen LogP contribution in [0.3, 0.4) is 0 Å². The fraction of sp³-hybridized carbons (Fsp3) is 0.294. The van der Waals surface area contributed by atoms with Gasteiger partial charge in [-0.05, 0) is 59.6 Å². The highest BCUT2D eigenvalue weighted by Crippen LogP contribution is 2.30. The molecule has 2 aromatic carbocycles. The summed E-state index contributed by atoms with van der Waals surface area (Å²) in [6.07, 6.45) is 3.33. The van der Waals surface area contributed by atoms with Crippen LogP contribution >= 0.6 is 11.6 Å². The minimum atomic E-state index is 0.585. The van der Waals surface area contributed by atoms with Gasteiger partial charge in [-0.3, -0.25) is 0 Å². The van der Waals surface area contributed by atoms with Crippen LogP contribution in [0, 0.1) is 0 Å². The Balaban J connectivity index is 2.03. The lowest BCUT2D eigenvalue weighted by Crippen LogP contribution is -2.10. The van der Waals surface area contributed by atoms with E-state index in [-0.39, 0.29) is 0 Å². The topological polar surface area (TPSA) is 0 Å². The number of benzene rings is 2. The van der Waals surface area contributed by atoms with Gasteiger partial charge >= 0.3 is 0 Å². The smallest absolute Gasteiger partial charge is 0.0408 e. The standard InChI is InChI=1S/C17H17Cl/c1-12-10-14-8-9-16(18)11-15(14)7-6-13-4-2-3-5-17(12)13/h2-5,8-9,11-12H,6-7,10H2,1H3. The van der Waals surface area contributed by atoms with Crippen LogP contribution in [-0.4, -0.2) is 0 Å².